The molecule has 0 aliphatic carbocycles. The molecule has 1 aliphatic heterocycles. The summed E-state index contributed by atoms with van der Waals surface area (Å²) in [5.74, 6) is -0.272. The third kappa shape index (κ3) is 4.55. The number of hydrogen-bond acceptors (Lipinski definition) is 4. The van der Waals surface area contributed by atoms with Gasteiger partial charge in [-0.25, -0.2) is 13.6 Å². The zero-order valence-electron chi connectivity index (χ0n) is 14.3. The lowest BCUT2D eigenvalue weighted by Gasteiger charge is -2.35. The van der Waals surface area contributed by atoms with Gasteiger partial charge in [0, 0.05) is 41.8 Å². The van der Waals surface area contributed by atoms with Crippen molar-refractivity contribution in [2.75, 3.05) is 26.2 Å². The molecule has 0 spiro atoms. The molecule has 2 N–H and O–H groups in total. The lowest BCUT2D eigenvalue weighted by Crippen LogP contribution is -2.50. The van der Waals surface area contributed by atoms with Crippen LogP contribution < -0.4 is 5.14 Å². The molecule has 27 heavy (non-hydrogen) atoms. The number of sulfonamides is 1. The number of hydrogen-bond donors (Lipinski definition) is 1. The van der Waals surface area contributed by atoms with E-state index in [4.69, 9.17) is 5.14 Å². The van der Waals surface area contributed by atoms with Gasteiger partial charge in [-0.05, 0) is 42.5 Å². The van der Waals surface area contributed by atoms with Gasteiger partial charge in [0.05, 0.1) is 4.90 Å². The van der Waals surface area contributed by atoms with Gasteiger partial charge >= 0.3 is 0 Å². The maximum atomic E-state index is 12.6. The van der Waals surface area contributed by atoms with Gasteiger partial charge in [0.25, 0.3) is 11.8 Å². The summed E-state index contributed by atoms with van der Waals surface area (Å²) in [5.41, 5.74) is 0.983. The number of rotatable bonds is 3. The Kier molecular flexibility index (Phi) is 5.64. The van der Waals surface area contributed by atoms with Gasteiger partial charge in [0.1, 0.15) is 0 Å². The number of primary sulfonamides is 1. The van der Waals surface area contributed by atoms with Gasteiger partial charge in [-0.1, -0.05) is 22.0 Å². The molecular weight excluding hydrogens is 434 g/mol. The highest BCUT2D eigenvalue weighted by Gasteiger charge is 2.25. The molecule has 0 aromatic heterocycles. The third-order valence-corrected chi connectivity index (χ3v) is 5.78. The highest BCUT2D eigenvalue weighted by Crippen LogP contribution is 2.16. The molecule has 3 rings (SSSR count). The Morgan fingerprint density at radius 1 is 0.852 bits per heavy atom. The predicted octanol–water partition coefficient (Wildman–Crippen LogP) is 1.69. The average Bonchev–Trinajstić information content (AvgIpc) is 2.66. The topological polar surface area (TPSA) is 101 Å². The smallest absolute Gasteiger partial charge is 0.254 e. The van der Waals surface area contributed by atoms with Crippen molar-refractivity contribution in [1.82, 2.24) is 9.80 Å². The van der Waals surface area contributed by atoms with Gasteiger partial charge in [-0.15, -0.1) is 0 Å². The van der Waals surface area contributed by atoms with Gasteiger partial charge < -0.3 is 9.80 Å². The molecule has 0 radical (unpaired) electrons. The average molecular weight is 452 g/mol. The van der Waals surface area contributed by atoms with E-state index in [0.29, 0.717) is 37.3 Å². The standard InChI is InChI=1S/C18H18BrN3O4S/c19-15-3-1-2-14(12-15)18(24)22-10-8-21(9-11-22)17(23)13-4-6-16(7-5-13)27(20,25)26/h1-7,12H,8-11H2,(H2,20,25,26). The lowest BCUT2D eigenvalue weighted by molar-refractivity contribution is 0.0535. The summed E-state index contributed by atoms with van der Waals surface area (Å²) >= 11 is 3.36. The van der Waals surface area contributed by atoms with E-state index in [-0.39, 0.29) is 16.7 Å². The minimum atomic E-state index is -3.79. The molecule has 142 valence electrons. The van der Waals surface area contributed by atoms with Gasteiger partial charge in [-0.2, -0.15) is 0 Å². The Bertz CT molecular complexity index is 968. The Morgan fingerprint density at radius 2 is 1.37 bits per heavy atom. The number of carbonyl (C=O) groups excluding carboxylic acids is 2. The first-order valence-corrected chi connectivity index (χ1v) is 10.6. The van der Waals surface area contributed by atoms with Gasteiger partial charge in [-0.3, -0.25) is 9.59 Å². The van der Waals surface area contributed by atoms with E-state index in [0.717, 1.165) is 4.47 Å². The normalized spacial score (nSPS) is 14.9. The molecule has 9 heteroatoms. The van der Waals surface area contributed by atoms with Crippen molar-refractivity contribution in [3.05, 3.63) is 64.1 Å². The monoisotopic (exact) mass is 451 g/mol. The van der Waals surface area contributed by atoms with Gasteiger partial charge in [0.2, 0.25) is 10.0 Å². The highest BCUT2D eigenvalue weighted by atomic mass is 79.9. The van der Waals surface area contributed by atoms with E-state index in [1.807, 2.05) is 12.1 Å². The largest absolute Gasteiger partial charge is 0.335 e. The second-order valence-corrected chi connectivity index (χ2v) is 8.64. The molecule has 0 saturated carbocycles. The number of piperazine rings is 1. The summed E-state index contributed by atoms with van der Waals surface area (Å²) in [5, 5.41) is 5.06. The zero-order chi connectivity index (χ0) is 19.6. The van der Waals surface area contributed by atoms with Crippen LogP contribution in [-0.2, 0) is 10.0 Å². The van der Waals surface area contributed by atoms with E-state index < -0.39 is 10.0 Å². The quantitative estimate of drug-likeness (QED) is 0.766. The van der Waals surface area contributed by atoms with Crippen molar-refractivity contribution in [1.29, 1.82) is 0 Å². The number of amides is 2. The van der Waals surface area contributed by atoms with Crippen molar-refractivity contribution in [3.8, 4) is 0 Å². The number of nitrogens with zero attached hydrogens (tertiary/aromatic N) is 2. The minimum absolute atomic E-state index is 0.0384. The second kappa shape index (κ2) is 7.79. The Hall–Kier alpha value is -2.23. The fourth-order valence-corrected chi connectivity index (χ4v) is 3.80. The third-order valence-electron chi connectivity index (χ3n) is 4.36. The molecule has 1 heterocycles. The van der Waals surface area contributed by atoms with Crippen molar-refractivity contribution >= 4 is 37.8 Å². The molecule has 2 amide bonds. The molecule has 7 nitrogen and oxygen atoms in total. The summed E-state index contributed by atoms with van der Waals surface area (Å²) in [7, 11) is -3.79. The van der Waals surface area contributed by atoms with Crippen LogP contribution in [0, 0.1) is 0 Å². The zero-order valence-corrected chi connectivity index (χ0v) is 16.7. The minimum Gasteiger partial charge on any atom is -0.335 e. The predicted molar refractivity (Wildman–Crippen MR) is 104 cm³/mol. The van der Waals surface area contributed by atoms with E-state index in [2.05, 4.69) is 15.9 Å². The van der Waals surface area contributed by atoms with E-state index in [1.54, 1.807) is 21.9 Å². The first kappa shape index (κ1) is 19.5. The fourth-order valence-electron chi connectivity index (χ4n) is 2.89. The van der Waals surface area contributed by atoms with Crippen LogP contribution >= 0.6 is 15.9 Å². The van der Waals surface area contributed by atoms with Crippen molar-refractivity contribution < 1.29 is 18.0 Å². The maximum absolute atomic E-state index is 12.6. The summed E-state index contributed by atoms with van der Waals surface area (Å²) in [6.45, 7) is 1.70. The number of nitrogens with two attached hydrogens (primary N) is 1. The van der Waals surface area contributed by atoms with E-state index in [1.165, 1.54) is 24.3 Å². The molecule has 2 aromatic carbocycles. The highest BCUT2D eigenvalue weighted by molar-refractivity contribution is 9.10. The van der Waals surface area contributed by atoms with Crippen LogP contribution in [0.2, 0.25) is 0 Å². The van der Waals surface area contributed by atoms with E-state index >= 15 is 0 Å². The number of carbonyl (C=O) groups is 2. The Morgan fingerprint density at radius 3 is 1.85 bits per heavy atom. The molecule has 0 atom stereocenters. The molecule has 1 fully saturated rings. The first-order valence-electron chi connectivity index (χ1n) is 8.23. The summed E-state index contributed by atoms with van der Waals surface area (Å²) in [6.07, 6.45) is 0. The summed E-state index contributed by atoms with van der Waals surface area (Å²) < 4.78 is 23.4. The SMILES string of the molecule is NS(=O)(=O)c1ccc(C(=O)N2CCN(C(=O)c3cccc(Br)c3)CC2)cc1. The number of benzene rings is 2. The molecule has 1 saturated heterocycles. The van der Waals surface area contributed by atoms with Crippen LogP contribution in [-0.4, -0.2) is 56.2 Å². The molecular formula is C18H18BrN3O4S. The molecule has 2 aromatic rings. The second-order valence-electron chi connectivity index (χ2n) is 6.16. The van der Waals surface area contributed by atoms with Crippen LogP contribution in [0.25, 0.3) is 0 Å². The first-order chi connectivity index (χ1) is 12.8. The van der Waals surface area contributed by atoms with Crippen molar-refractivity contribution in [3.63, 3.8) is 0 Å². The van der Waals surface area contributed by atoms with Gasteiger partial charge in [0.15, 0.2) is 0 Å². The molecule has 0 bridgehead atoms. The molecule has 1 aliphatic rings. The van der Waals surface area contributed by atoms with Crippen molar-refractivity contribution in [2.45, 2.75) is 4.90 Å². The van der Waals surface area contributed by atoms with Crippen molar-refractivity contribution in [2.24, 2.45) is 5.14 Å². The Balaban J connectivity index is 1.63. The summed E-state index contributed by atoms with van der Waals surface area (Å²) in [4.78, 5) is 28.5. The van der Waals surface area contributed by atoms with Crippen LogP contribution in [0.1, 0.15) is 20.7 Å². The maximum Gasteiger partial charge on any atom is 0.254 e. The fraction of sp³-hybridized carbons (Fsp3) is 0.222. The van der Waals surface area contributed by atoms with Crippen LogP contribution in [0.4, 0.5) is 0 Å². The molecule has 0 unspecified atom stereocenters. The van der Waals surface area contributed by atoms with Crippen LogP contribution in [0.5, 0.6) is 0 Å². The Labute approximate surface area is 165 Å². The number of halogens is 1. The van der Waals surface area contributed by atoms with E-state index in [9.17, 15) is 18.0 Å². The lowest BCUT2D eigenvalue weighted by atomic mass is 10.1. The van der Waals surface area contributed by atoms with Crippen LogP contribution in [0.15, 0.2) is 57.9 Å². The van der Waals surface area contributed by atoms with Crippen LogP contribution in [0.3, 0.4) is 0 Å². The summed E-state index contributed by atoms with van der Waals surface area (Å²) in [6, 6.07) is 12.7.